The number of carboxylic acid groups (broad SMARTS) is 1. The Morgan fingerprint density at radius 2 is 2.30 bits per heavy atom. The van der Waals surface area contributed by atoms with Gasteiger partial charge in [0.25, 0.3) is 0 Å². The van der Waals surface area contributed by atoms with Crippen LogP contribution in [0.3, 0.4) is 0 Å². The van der Waals surface area contributed by atoms with Gasteiger partial charge < -0.3 is 15.5 Å². The van der Waals surface area contributed by atoms with E-state index in [4.69, 9.17) is 10.2 Å². The molecule has 0 saturated heterocycles. The summed E-state index contributed by atoms with van der Waals surface area (Å²) in [7, 11) is 0. The first-order chi connectivity index (χ1) is 4.74. The summed E-state index contributed by atoms with van der Waals surface area (Å²) in [6.07, 6.45) is 0.794. The van der Waals surface area contributed by atoms with E-state index in [1.807, 2.05) is 0 Å². The van der Waals surface area contributed by atoms with Gasteiger partial charge in [0, 0.05) is 18.6 Å². The first-order valence-electron chi connectivity index (χ1n) is 3.34. The van der Waals surface area contributed by atoms with Crippen LogP contribution in [0.5, 0.6) is 0 Å². The van der Waals surface area contributed by atoms with Crippen molar-refractivity contribution in [2.75, 3.05) is 6.61 Å². The second-order valence-corrected chi connectivity index (χ2v) is 2.58. The molecule has 4 nitrogen and oxygen atoms in total. The van der Waals surface area contributed by atoms with E-state index < -0.39 is 6.09 Å². The van der Waals surface area contributed by atoms with Gasteiger partial charge in [-0.05, 0) is 12.8 Å². The molecule has 4 heteroatoms. The van der Waals surface area contributed by atoms with Crippen molar-refractivity contribution in [3.8, 4) is 0 Å². The fourth-order valence-electron chi connectivity index (χ4n) is 1.14. The minimum Gasteiger partial charge on any atom is -0.465 e. The van der Waals surface area contributed by atoms with Crippen molar-refractivity contribution in [3.05, 3.63) is 0 Å². The lowest BCUT2D eigenvalue weighted by atomic mass is 9.80. The molecule has 2 unspecified atom stereocenters. The highest BCUT2D eigenvalue weighted by molar-refractivity contribution is 5.65. The second-order valence-electron chi connectivity index (χ2n) is 2.58. The molecule has 0 radical (unpaired) electrons. The predicted molar refractivity (Wildman–Crippen MR) is 34.8 cm³/mol. The highest BCUT2D eigenvalue weighted by atomic mass is 16.4. The Morgan fingerprint density at radius 1 is 1.60 bits per heavy atom. The van der Waals surface area contributed by atoms with Crippen molar-refractivity contribution in [1.82, 2.24) is 5.32 Å². The molecule has 1 rings (SSSR count). The number of hydrogen-bond donors (Lipinski definition) is 3. The third-order valence-electron chi connectivity index (χ3n) is 1.96. The highest BCUT2D eigenvalue weighted by Gasteiger charge is 2.30. The topological polar surface area (TPSA) is 69.6 Å². The van der Waals surface area contributed by atoms with Gasteiger partial charge in [0.1, 0.15) is 0 Å². The molecule has 2 atom stereocenters. The highest BCUT2D eigenvalue weighted by Crippen LogP contribution is 2.26. The van der Waals surface area contributed by atoms with Crippen LogP contribution in [-0.2, 0) is 0 Å². The van der Waals surface area contributed by atoms with Gasteiger partial charge in [0.05, 0.1) is 0 Å². The van der Waals surface area contributed by atoms with E-state index in [0.717, 1.165) is 12.8 Å². The molecule has 1 saturated carbocycles. The molecule has 3 N–H and O–H groups in total. The summed E-state index contributed by atoms with van der Waals surface area (Å²) >= 11 is 0. The Morgan fingerprint density at radius 3 is 2.60 bits per heavy atom. The first-order valence-corrected chi connectivity index (χ1v) is 3.34. The molecular weight excluding hydrogens is 134 g/mol. The molecule has 0 aromatic rings. The molecule has 58 valence electrons. The number of amides is 1. The maximum absolute atomic E-state index is 10.1. The van der Waals surface area contributed by atoms with E-state index in [1.165, 1.54) is 0 Å². The Bertz CT molecular complexity index is 135. The van der Waals surface area contributed by atoms with E-state index in [0.29, 0.717) is 0 Å². The number of aliphatic hydroxyl groups is 1. The Kier molecular flexibility index (Phi) is 2.11. The van der Waals surface area contributed by atoms with Crippen LogP contribution in [0, 0.1) is 5.92 Å². The number of aliphatic hydroxyl groups excluding tert-OH is 1. The summed E-state index contributed by atoms with van der Waals surface area (Å²) in [5, 5.41) is 19.2. The van der Waals surface area contributed by atoms with Gasteiger partial charge in [0.15, 0.2) is 0 Å². The summed E-state index contributed by atoms with van der Waals surface area (Å²) in [6.45, 7) is 0.0882. The van der Waals surface area contributed by atoms with Crippen LogP contribution in [0.15, 0.2) is 0 Å². The Balaban J connectivity index is 2.23. The number of carbonyl (C=O) groups is 1. The van der Waals surface area contributed by atoms with Crippen LogP contribution in [0.2, 0.25) is 0 Å². The molecule has 0 aromatic carbocycles. The van der Waals surface area contributed by atoms with E-state index >= 15 is 0 Å². The second kappa shape index (κ2) is 2.88. The maximum Gasteiger partial charge on any atom is 0.404 e. The minimum atomic E-state index is -0.997. The normalized spacial score (nSPS) is 30.9. The zero-order chi connectivity index (χ0) is 7.56. The maximum atomic E-state index is 10.1. The van der Waals surface area contributed by atoms with Crippen molar-refractivity contribution in [2.45, 2.75) is 18.9 Å². The molecule has 0 heterocycles. The van der Waals surface area contributed by atoms with Gasteiger partial charge >= 0.3 is 6.09 Å². The number of hydrogen-bond acceptors (Lipinski definition) is 2. The molecule has 0 aliphatic heterocycles. The molecule has 1 fully saturated rings. The largest absolute Gasteiger partial charge is 0.465 e. The molecular formula is C6H11NO3. The lowest BCUT2D eigenvalue weighted by Gasteiger charge is -2.34. The van der Waals surface area contributed by atoms with Gasteiger partial charge in [-0.3, -0.25) is 0 Å². The first kappa shape index (κ1) is 7.34. The average molecular weight is 145 g/mol. The van der Waals surface area contributed by atoms with Crippen LogP contribution >= 0.6 is 0 Å². The van der Waals surface area contributed by atoms with Crippen LogP contribution in [0.1, 0.15) is 12.8 Å². The summed E-state index contributed by atoms with van der Waals surface area (Å²) in [4.78, 5) is 10.1. The molecule has 0 aromatic heterocycles. The van der Waals surface area contributed by atoms with Crippen LogP contribution < -0.4 is 5.32 Å². The summed E-state index contributed by atoms with van der Waals surface area (Å²) < 4.78 is 0. The van der Waals surface area contributed by atoms with Gasteiger partial charge in [-0.1, -0.05) is 0 Å². The standard InChI is InChI=1S/C6H11NO3/c8-3-4-1-2-5(4)7-6(9)10/h4-5,7-8H,1-3H2,(H,9,10). The van der Waals surface area contributed by atoms with Gasteiger partial charge in [-0.25, -0.2) is 4.79 Å². The Hall–Kier alpha value is -0.770. The minimum absolute atomic E-state index is 0.0116. The van der Waals surface area contributed by atoms with Crippen LogP contribution in [0.4, 0.5) is 4.79 Å². The average Bonchev–Trinajstić information content (AvgIpc) is 1.82. The van der Waals surface area contributed by atoms with E-state index in [9.17, 15) is 4.79 Å². The van der Waals surface area contributed by atoms with E-state index in [1.54, 1.807) is 0 Å². The van der Waals surface area contributed by atoms with Crippen LogP contribution in [-0.4, -0.2) is 29.0 Å². The zero-order valence-corrected chi connectivity index (χ0v) is 5.58. The number of rotatable bonds is 2. The summed E-state index contributed by atoms with van der Waals surface area (Å²) in [6, 6.07) is -0.0116. The molecule has 1 aliphatic rings. The molecule has 1 amide bonds. The quantitative estimate of drug-likeness (QED) is 0.513. The van der Waals surface area contributed by atoms with Crippen molar-refractivity contribution >= 4 is 6.09 Å². The molecule has 0 spiro atoms. The molecule has 10 heavy (non-hydrogen) atoms. The van der Waals surface area contributed by atoms with Crippen molar-refractivity contribution < 1.29 is 15.0 Å². The van der Waals surface area contributed by atoms with Gasteiger partial charge in [-0.15, -0.1) is 0 Å². The molecule has 0 bridgehead atoms. The van der Waals surface area contributed by atoms with Crippen LogP contribution in [0.25, 0.3) is 0 Å². The predicted octanol–water partition coefficient (Wildman–Crippen LogP) is 0.0249. The zero-order valence-electron chi connectivity index (χ0n) is 5.58. The van der Waals surface area contributed by atoms with Crippen molar-refractivity contribution in [3.63, 3.8) is 0 Å². The fraction of sp³-hybridized carbons (Fsp3) is 0.833. The van der Waals surface area contributed by atoms with Gasteiger partial charge in [0.2, 0.25) is 0 Å². The SMILES string of the molecule is O=C(O)NC1CCC1CO. The van der Waals surface area contributed by atoms with Gasteiger partial charge in [-0.2, -0.15) is 0 Å². The van der Waals surface area contributed by atoms with Crippen molar-refractivity contribution in [2.24, 2.45) is 5.92 Å². The summed E-state index contributed by atoms with van der Waals surface area (Å²) in [5.74, 6) is 0.149. The fourth-order valence-corrected chi connectivity index (χ4v) is 1.14. The Labute approximate surface area is 58.9 Å². The van der Waals surface area contributed by atoms with E-state index in [2.05, 4.69) is 5.32 Å². The van der Waals surface area contributed by atoms with E-state index in [-0.39, 0.29) is 18.6 Å². The monoisotopic (exact) mass is 145 g/mol. The third kappa shape index (κ3) is 1.39. The lowest BCUT2D eigenvalue weighted by molar-refractivity contribution is 0.110. The molecule has 1 aliphatic carbocycles. The lowest BCUT2D eigenvalue weighted by Crippen LogP contribution is -2.47. The third-order valence-corrected chi connectivity index (χ3v) is 1.96. The smallest absolute Gasteiger partial charge is 0.404 e. The summed E-state index contributed by atoms with van der Waals surface area (Å²) in [5.41, 5.74) is 0. The van der Waals surface area contributed by atoms with Crippen molar-refractivity contribution in [1.29, 1.82) is 0 Å². The number of nitrogens with one attached hydrogen (secondary N) is 1.